The van der Waals surface area contributed by atoms with Gasteiger partial charge in [0.2, 0.25) is 0 Å². The Balaban J connectivity index is 1.90. The second kappa shape index (κ2) is 6.62. The van der Waals surface area contributed by atoms with Gasteiger partial charge >= 0.3 is 0 Å². The second-order valence-electron chi connectivity index (χ2n) is 6.04. The fraction of sp³-hybridized carbons (Fsp3) is 0.211. The van der Waals surface area contributed by atoms with Gasteiger partial charge in [0.15, 0.2) is 5.15 Å². The number of halogens is 2. The summed E-state index contributed by atoms with van der Waals surface area (Å²) in [6.07, 6.45) is 7.00. The van der Waals surface area contributed by atoms with Gasteiger partial charge < -0.3 is 0 Å². The highest BCUT2D eigenvalue weighted by Gasteiger charge is 2.17. The van der Waals surface area contributed by atoms with Crippen LogP contribution in [0.1, 0.15) is 19.2 Å². The summed E-state index contributed by atoms with van der Waals surface area (Å²) in [5, 5.41) is 1.63. The minimum atomic E-state index is 0.0954. The van der Waals surface area contributed by atoms with E-state index in [1.807, 2.05) is 47.9 Å². The van der Waals surface area contributed by atoms with E-state index in [0.29, 0.717) is 5.15 Å². The first-order valence-corrected chi connectivity index (χ1v) is 8.95. The van der Waals surface area contributed by atoms with Crippen molar-refractivity contribution in [1.82, 2.24) is 19.4 Å². The molecule has 0 spiro atoms. The van der Waals surface area contributed by atoms with E-state index in [0.717, 1.165) is 46.3 Å². The molecule has 1 unspecified atom stereocenters. The summed E-state index contributed by atoms with van der Waals surface area (Å²) in [5.41, 5.74) is 3.54. The zero-order valence-electron chi connectivity index (χ0n) is 13.7. The van der Waals surface area contributed by atoms with Crippen LogP contribution in [0.2, 0.25) is 5.15 Å². The standard InChI is InChI=1S/C19H16Cl2N4/c1-12(20)4-7-16-24-17(18-19(21)23-9-10-25(16)18)14-6-5-13-3-2-8-22-15(13)11-14/h2-3,5-6,8-12H,4,7H2,1H3. The molecule has 0 saturated carbocycles. The van der Waals surface area contributed by atoms with Gasteiger partial charge in [0.25, 0.3) is 0 Å². The molecule has 0 aliphatic heterocycles. The number of alkyl halides is 1. The lowest BCUT2D eigenvalue weighted by molar-refractivity contribution is 0.756. The van der Waals surface area contributed by atoms with Crippen LogP contribution in [-0.2, 0) is 6.42 Å². The van der Waals surface area contributed by atoms with Crippen molar-refractivity contribution in [3.63, 3.8) is 0 Å². The summed E-state index contributed by atoms with van der Waals surface area (Å²) in [6.45, 7) is 1.99. The van der Waals surface area contributed by atoms with Crippen molar-refractivity contribution in [2.24, 2.45) is 0 Å². The van der Waals surface area contributed by atoms with Crippen molar-refractivity contribution in [2.45, 2.75) is 25.1 Å². The number of rotatable bonds is 4. The van der Waals surface area contributed by atoms with Crippen LogP contribution in [0, 0.1) is 0 Å². The molecule has 0 aliphatic carbocycles. The largest absolute Gasteiger partial charge is 0.299 e. The Bertz CT molecular complexity index is 1060. The molecule has 3 heterocycles. The van der Waals surface area contributed by atoms with Crippen molar-refractivity contribution in [3.8, 4) is 11.3 Å². The van der Waals surface area contributed by atoms with Gasteiger partial charge in [-0.2, -0.15) is 0 Å². The van der Waals surface area contributed by atoms with Crippen LogP contribution in [0.15, 0.2) is 48.9 Å². The molecule has 0 aliphatic rings. The number of aryl methyl sites for hydroxylation is 1. The van der Waals surface area contributed by atoms with Gasteiger partial charge in [-0.15, -0.1) is 11.6 Å². The highest BCUT2D eigenvalue weighted by Crippen LogP contribution is 2.31. The van der Waals surface area contributed by atoms with Gasteiger partial charge in [0, 0.05) is 41.3 Å². The smallest absolute Gasteiger partial charge is 0.155 e. The van der Waals surface area contributed by atoms with Gasteiger partial charge in [-0.1, -0.05) is 29.8 Å². The average Bonchev–Trinajstić information content (AvgIpc) is 3.00. The fourth-order valence-corrected chi connectivity index (χ4v) is 3.33. The van der Waals surface area contributed by atoms with Gasteiger partial charge in [0.1, 0.15) is 11.3 Å². The molecule has 0 radical (unpaired) electrons. The summed E-state index contributed by atoms with van der Waals surface area (Å²) >= 11 is 12.5. The molecule has 0 fully saturated rings. The summed E-state index contributed by atoms with van der Waals surface area (Å²) in [7, 11) is 0. The number of pyridine rings is 1. The minimum Gasteiger partial charge on any atom is -0.299 e. The molecule has 3 aromatic heterocycles. The van der Waals surface area contributed by atoms with Crippen LogP contribution in [0.5, 0.6) is 0 Å². The van der Waals surface area contributed by atoms with E-state index in [-0.39, 0.29) is 5.38 Å². The molecule has 0 saturated heterocycles. The van der Waals surface area contributed by atoms with Crippen LogP contribution >= 0.6 is 23.2 Å². The number of hydrogen-bond donors (Lipinski definition) is 0. The average molecular weight is 371 g/mol. The van der Waals surface area contributed by atoms with Gasteiger partial charge in [-0.05, 0) is 25.5 Å². The summed E-state index contributed by atoms with van der Waals surface area (Å²) in [6, 6.07) is 10.1. The first kappa shape index (κ1) is 16.3. The first-order valence-electron chi connectivity index (χ1n) is 8.14. The summed E-state index contributed by atoms with van der Waals surface area (Å²) < 4.78 is 2.01. The molecule has 6 heteroatoms. The van der Waals surface area contributed by atoms with E-state index in [2.05, 4.69) is 9.97 Å². The van der Waals surface area contributed by atoms with Crippen LogP contribution < -0.4 is 0 Å². The molecule has 0 N–H and O–H groups in total. The first-order chi connectivity index (χ1) is 12.1. The van der Waals surface area contributed by atoms with Crippen molar-refractivity contribution in [3.05, 3.63) is 59.9 Å². The normalized spacial score (nSPS) is 12.8. The quantitative estimate of drug-likeness (QED) is 0.466. The lowest BCUT2D eigenvalue weighted by atomic mass is 10.1. The van der Waals surface area contributed by atoms with E-state index < -0.39 is 0 Å². The topological polar surface area (TPSA) is 43.1 Å². The highest BCUT2D eigenvalue weighted by atomic mass is 35.5. The second-order valence-corrected chi connectivity index (χ2v) is 7.15. The Labute approximate surface area is 155 Å². The molecule has 4 rings (SSSR count). The molecule has 126 valence electrons. The predicted molar refractivity (Wildman–Crippen MR) is 102 cm³/mol. The lowest BCUT2D eigenvalue weighted by Crippen LogP contribution is -2.00. The number of aromatic nitrogens is 4. The maximum absolute atomic E-state index is 6.39. The molecule has 25 heavy (non-hydrogen) atoms. The van der Waals surface area contributed by atoms with E-state index >= 15 is 0 Å². The third kappa shape index (κ3) is 3.08. The Kier molecular flexibility index (Phi) is 4.32. The minimum absolute atomic E-state index is 0.0954. The Hall–Kier alpha value is -2.17. The third-order valence-electron chi connectivity index (χ3n) is 4.23. The van der Waals surface area contributed by atoms with Gasteiger partial charge in [-0.3, -0.25) is 9.38 Å². The Morgan fingerprint density at radius 1 is 1.16 bits per heavy atom. The van der Waals surface area contributed by atoms with E-state index in [1.54, 1.807) is 12.4 Å². The molecule has 0 amide bonds. The molecule has 1 aromatic carbocycles. The van der Waals surface area contributed by atoms with Gasteiger partial charge in [0.05, 0.1) is 11.2 Å². The third-order valence-corrected chi connectivity index (χ3v) is 4.72. The highest BCUT2D eigenvalue weighted by molar-refractivity contribution is 6.33. The van der Waals surface area contributed by atoms with Crippen LogP contribution in [0.3, 0.4) is 0 Å². The van der Waals surface area contributed by atoms with E-state index in [9.17, 15) is 0 Å². The van der Waals surface area contributed by atoms with Crippen LogP contribution in [0.4, 0.5) is 0 Å². The molecule has 0 bridgehead atoms. The van der Waals surface area contributed by atoms with Gasteiger partial charge in [-0.25, -0.2) is 9.97 Å². The molecule has 1 atom stereocenters. The van der Waals surface area contributed by atoms with Crippen LogP contribution in [0.25, 0.3) is 27.7 Å². The molecular weight excluding hydrogens is 355 g/mol. The Morgan fingerprint density at radius 2 is 2.04 bits per heavy atom. The lowest BCUT2D eigenvalue weighted by Gasteiger charge is -2.03. The number of imidazole rings is 1. The number of benzene rings is 1. The van der Waals surface area contributed by atoms with E-state index in [4.69, 9.17) is 28.2 Å². The zero-order valence-corrected chi connectivity index (χ0v) is 15.2. The van der Waals surface area contributed by atoms with Crippen molar-refractivity contribution in [2.75, 3.05) is 0 Å². The monoisotopic (exact) mass is 370 g/mol. The number of fused-ring (bicyclic) bond motifs is 2. The number of nitrogens with zero attached hydrogens (tertiary/aromatic N) is 4. The summed E-state index contributed by atoms with van der Waals surface area (Å²) in [4.78, 5) is 13.5. The molecular formula is C19H16Cl2N4. The summed E-state index contributed by atoms with van der Waals surface area (Å²) in [5.74, 6) is 0.933. The SMILES string of the molecule is CC(Cl)CCc1nc(-c2ccc3cccnc3c2)c2c(Cl)nccn12. The maximum Gasteiger partial charge on any atom is 0.155 e. The van der Waals surface area contributed by atoms with E-state index in [1.165, 1.54) is 0 Å². The molecule has 4 aromatic rings. The number of hydrogen-bond acceptors (Lipinski definition) is 3. The van der Waals surface area contributed by atoms with Crippen molar-refractivity contribution >= 4 is 39.6 Å². The molecule has 4 nitrogen and oxygen atoms in total. The predicted octanol–water partition coefficient (Wildman–Crippen LogP) is 5.16. The maximum atomic E-state index is 6.39. The van der Waals surface area contributed by atoms with Crippen molar-refractivity contribution in [1.29, 1.82) is 0 Å². The van der Waals surface area contributed by atoms with Crippen molar-refractivity contribution < 1.29 is 0 Å². The van der Waals surface area contributed by atoms with Crippen LogP contribution in [-0.4, -0.2) is 24.7 Å². The Morgan fingerprint density at radius 3 is 2.88 bits per heavy atom. The fourth-order valence-electron chi connectivity index (χ4n) is 2.98. The zero-order chi connectivity index (χ0) is 17.4.